The fourth-order valence-corrected chi connectivity index (χ4v) is 2.17. The van der Waals surface area contributed by atoms with E-state index < -0.39 is 0 Å². The van der Waals surface area contributed by atoms with Gasteiger partial charge in [0.1, 0.15) is 5.00 Å². The molecule has 0 spiro atoms. The third-order valence-corrected chi connectivity index (χ3v) is 3.26. The summed E-state index contributed by atoms with van der Waals surface area (Å²) in [7, 11) is 0. The zero-order chi connectivity index (χ0) is 10.8. The molecule has 0 radical (unpaired) electrons. The van der Waals surface area contributed by atoms with Crippen molar-refractivity contribution >= 4 is 54.7 Å². The summed E-state index contributed by atoms with van der Waals surface area (Å²) in [5.74, 6) is 0. The fraction of sp³-hybridized carbons (Fsp3) is 0. The summed E-state index contributed by atoms with van der Waals surface area (Å²) in [5, 5.41) is 5.14. The van der Waals surface area contributed by atoms with Gasteiger partial charge in [0.2, 0.25) is 0 Å². The molecule has 6 heteroatoms. The molecule has 0 amide bonds. The van der Waals surface area contributed by atoms with Gasteiger partial charge in [0.25, 0.3) is 0 Å². The topological polar surface area (TPSA) is 50.9 Å². The Bertz CT molecular complexity index is 486. The maximum absolute atomic E-state index is 6.02. The van der Waals surface area contributed by atoms with E-state index in [4.69, 9.17) is 17.3 Å². The van der Waals surface area contributed by atoms with Gasteiger partial charge in [-0.05, 0) is 18.2 Å². The van der Waals surface area contributed by atoms with Crippen molar-refractivity contribution in [3.05, 3.63) is 33.9 Å². The van der Waals surface area contributed by atoms with Gasteiger partial charge in [0.15, 0.2) is 5.13 Å². The Balaban J connectivity index is 2.27. The van der Waals surface area contributed by atoms with Gasteiger partial charge in [0.05, 0.1) is 16.9 Å². The molecular weight excluding hydrogens is 298 g/mol. The first-order valence-electron chi connectivity index (χ1n) is 4.08. The van der Waals surface area contributed by atoms with Crippen LogP contribution in [0.15, 0.2) is 28.9 Å². The minimum atomic E-state index is 0.645. The lowest BCUT2D eigenvalue weighted by atomic mass is 10.3. The summed E-state index contributed by atoms with van der Waals surface area (Å²) in [6, 6.07) is 5.58. The van der Waals surface area contributed by atoms with Crippen LogP contribution in [0.1, 0.15) is 0 Å². The highest BCUT2D eigenvalue weighted by Crippen LogP contribution is 2.30. The van der Waals surface area contributed by atoms with Gasteiger partial charge >= 0.3 is 0 Å². The molecule has 3 nitrogen and oxygen atoms in total. The van der Waals surface area contributed by atoms with Crippen LogP contribution in [0.25, 0.3) is 0 Å². The van der Waals surface area contributed by atoms with Crippen molar-refractivity contribution in [1.82, 2.24) is 4.98 Å². The van der Waals surface area contributed by atoms with Crippen molar-refractivity contribution < 1.29 is 0 Å². The normalized spacial score (nSPS) is 10.3. The minimum absolute atomic E-state index is 0.645. The fourth-order valence-electron chi connectivity index (χ4n) is 1.05. The lowest BCUT2D eigenvalue weighted by Gasteiger charge is -2.05. The van der Waals surface area contributed by atoms with E-state index in [0.717, 1.165) is 15.3 Å². The first-order chi connectivity index (χ1) is 7.15. The molecule has 0 aliphatic carbocycles. The van der Waals surface area contributed by atoms with Crippen LogP contribution in [0.3, 0.4) is 0 Å². The Hall–Kier alpha value is -0.780. The van der Waals surface area contributed by atoms with Crippen LogP contribution in [0, 0.1) is 0 Å². The molecule has 1 aromatic heterocycles. The highest BCUT2D eigenvalue weighted by atomic mass is 79.9. The Labute approximate surface area is 104 Å². The lowest BCUT2D eigenvalue weighted by Crippen LogP contribution is -1.89. The van der Waals surface area contributed by atoms with Crippen LogP contribution < -0.4 is 11.1 Å². The smallest absolute Gasteiger partial charge is 0.189 e. The number of rotatable bonds is 2. The van der Waals surface area contributed by atoms with Crippen molar-refractivity contribution in [2.75, 3.05) is 11.1 Å². The molecular formula is C9H7BrClN3S. The number of nitrogen functional groups attached to an aromatic ring is 1. The highest BCUT2D eigenvalue weighted by Gasteiger charge is 2.04. The summed E-state index contributed by atoms with van der Waals surface area (Å²) in [5.41, 5.74) is 6.38. The number of anilines is 3. The summed E-state index contributed by atoms with van der Waals surface area (Å²) >= 11 is 10.8. The Morgan fingerprint density at radius 3 is 2.93 bits per heavy atom. The van der Waals surface area contributed by atoms with Crippen molar-refractivity contribution in [1.29, 1.82) is 0 Å². The molecule has 2 rings (SSSR count). The van der Waals surface area contributed by atoms with E-state index in [1.807, 2.05) is 18.2 Å². The van der Waals surface area contributed by atoms with Crippen LogP contribution in [0.4, 0.5) is 15.8 Å². The van der Waals surface area contributed by atoms with E-state index in [9.17, 15) is 0 Å². The quantitative estimate of drug-likeness (QED) is 0.885. The van der Waals surface area contributed by atoms with Gasteiger partial charge in [-0.1, -0.05) is 38.9 Å². The number of benzene rings is 1. The second-order valence-corrected chi connectivity index (χ2v) is 5.20. The molecule has 3 N–H and O–H groups in total. The van der Waals surface area contributed by atoms with Crippen LogP contribution in [-0.4, -0.2) is 4.98 Å². The molecule has 0 unspecified atom stereocenters. The van der Waals surface area contributed by atoms with Crippen LogP contribution in [0.2, 0.25) is 5.02 Å². The zero-order valence-electron chi connectivity index (χ0n) is 7.50. The SMILES string of the molecule is Nc1cnc(Nc2cc(Br)ccc2Cl)s1. The van der Waals surface area contributed by atoms with E-state index in [1.165, 1.54) is 11.3 Å². The predicted octanol–water partition coefficient (Wildman–Crippen LogP) is 3.88. The first-order valence-corrected chi connectivity index (χ1v) is 6.07. The molecule has 0 atom stereocenters. The number of hydrogen-bond acceptors (Lipinski definition) is 4. The third kappa shape index (κ3) is 2.62. The molecule has 0 saturated heterocycles. The highest BCUT2D eigenvalue weighted by molar-refractivity contribution is 9.10. The summed E-state index contributed by atoms with van der Waals surface area (Å²) in [4.78, 5) is 4.09. The van der Waals surface area contributed by atoms with Crippen molar-refractivity contribution in [3.8, 4) is 0 Å². The molecule has 0 bridgehead atoms. The summed E-state index contributed by atoms with van der Waals surface area (Å²) in [6.07, 6.45) is 1.61. The molecule has 2 aromatic rings. The number of nitrogens with zero attached hydrogens (tertiary/aromatic N) is 1. The van der Waals surface area contributed by atoms with Crippen LogP contribution in [0.5, 0.6) is 0 Å². The number of nitrogens with two attached hydrogens (primary N) is 1. The molecule has 1 aromatic carbocycles. The molecule has 0 aliphatic heterocycles. The summed E-state index contributed by atoms with van der Waals surface area (Å²) < 4.78 is 0.957. The number of aromatic nitrogens is 1. The van der Waals surface area contributed by atoms with Gasteiger partial charge < -0.3 is 11.1 Å². The molecule has 0 aliphatic rings. The maximum Gasteiger partial charge on any atom is 0.189 e. The van der Waals surface area contributed by atoms with Crippen molar-refractivity contribution in [2.45, 2.75) is 0 Å². The average Bonchev–Trinajstić information content (AvgIpc) is 2.58. The van der Waals surface area contributed by atoms with Gasteiger partial charge in [-0.2, -0.15) is 0 Å². The number of thiazole rings is 1. The van der Waals surface area contributed by atoms with Gasteiger partial charge in [-0.15, -0.1) is 0 Å². The number of hydrogen-bond donors (Lipinski definition) is 2. The average molecular weight is 305 g/mol. The van der Waals surface area contributed by atoms with Crippen LogP contribution in [-0.2, 0) is 0 Å². The third-order valence-electron chi connectivity index (χ3n) is 1.69. The second-order valence-electron chi connectivity index (χ2n) is 2.82. The second kappa shape index (κ2) is 4.38. The molecule has 15 heavy (non-hydrogen) atoms. The van der Waals surface area contributed by atoms with E-state index in [2.05, 4.69) is 26.2 Å². The Kier molecular flexibility index (Phi) is 3.14. The molecule has 78 valence electrons. The number of nitrogens with one attached hydrogen (secondary N) is 1. The van der Waals surface area contributed by atoms with Crippen molar-refractivity contribution in [2.24, 2.45) is 0 Å². The molecule has 1 heterocycles. The van der Waals surface area contributed by atoms with Gasteiger partial charge in [-0.3, -0.25) is 0 Å². The minimum Gasteiger partial charge on any atom is -0.389 e. The Morgan fingerprint density at radius 1 is 1.47 bits per heavy atom. The monoisotopic (exact) mass is 303 g/mol. The number of halogens is 2. The van der Waals surface area contributed by atoms with Crippen molar-refractivity contribution in [3.63, 3.8) is 0 Å². The van der Waals surface area contributed by atoms with E-state index >= 15 is 0 Å². The van der Waals surface area contributed by atoms with Gasteiger partial charge in [-0.25, -0.2) is 4.98 Å². The summed E-state index contributed by atoms with van der Waals surface area (Å²) in [6.45, 7) is 0. The zero-order valence-corrected chi connectivity index (χ0v) is 10.7. The predicted molar refractivity (Wildman–Crippen MR) is 69.0 cm³/mol. The van der Waals surface area contributed by atoms with E-state index in [-0.39, 0.29) is 0 Å². The standard InChI is InChI=1S/C9H7BrClN3S/c10-5-1-2-6(11)7(3-5)14-9-13-4-8(12)15-9/h1-4H,12H2,(H,13,14). The molecule has 0 saturated carbocycles. The van der Waals surface area contributed by atoms with E-state index in [0.29, 0.717) is 10.0 Å². The maximum atomic E-state index is 6.02. The first kappa shape index (κ1) is 10.7. The molecule has 0 fully saturated rings. The van der Waals surface area contributed by atoms with Crippen LogP contribution >= 0.6 is 38.9 Å². The van der Waals surface area contributed by atoms with E-state index in [1.54, 1.807) is 6.20 Å². The Morgan fingerprint density at radius 2 is 2.27 bits per heavy atom. The van der Waals surface area contributed by atoms with Gasteiger partial charge in [0, 0.05) is 4.47 Å². The lowest BCUT2D eigenvalue weighted by molar-refractivity contribution is 1.39. The largest absolute Gasteiger partial charge is 0.389 e.